The number of amides is 1. The van der Waals surface area contributed by atoms with Crippen LogP contribution in [0.4, 0.5) is 14.6 Å². The summed E-state index contributed by atoms with van der Waals surface area (Å²) in [6.07, 6.45) is 5.02. The van der Waals surface area contributed by atoms with Crippen LogP contribution in [0.25, 0.3) is 11.3 Å². The van der Waals surface area contributed by atoms with E-state index in [0.717, 1.165) is 37.9 Å². The molecule has 1 aromatic heterocycles. The SMILES string of the molecule is Nc1ncc(C2CCOCC2)nc1-c1ccc(C(=O)NC2CCCN(Cc3ccccc3F)C2)c(F)c1. The van der Waals surface area contributed by atoms with Crippen molar-refractivity contribution in [2.75, 3.05) is 32.0 Å². The summed E-state index contributed by atoms with van der Waals surface area (Å²) in [6, 6.07) is 10.9. The van der Waals surface area contributed by atoms with Crippen LogP contribution in [0.15, 0.2) is 48.7 Å². The van der Waals surface area contributed by atoms with E-state index >= 15 is 4.39 Å². The molecular formula is C28H31F2N5O2. The number of ether oxygens (including phenoxy) is 1. The highest BCUT2D eigenvalue weighted by atomic mass is 19.1. The minimum Gasteiger partial charge on any atom is -0.382 e. The number of aromatic nitrogens is 2. The number of nitrogens with zero attached hydrogens (tertiary/aromatic N) is 3. The molecule has 194 valence electrons. The highest BCUT2D eigenvalue weighted by Gasteiger charge is 2.24. The Balaban J connectivity index is 1.26. The van der Waals surface area contributed by atoms with Gasteiger partial charge in [-0.05, 0) is 50.4 Å². The van der Waals surface area contributed by atoms with Crippen LogP contribution in [0.3, 0.4) is 0 Å². The zero-order chi connectivity index (χ0) is 25.8. The first-order valence-corrected chi connectivity index (χ1v) is 12.7. The minimum absolute atomic E-state index is 0.0397. The van der Waals surface area contributed by atoms with Gasteiger partial charge in [0.05, 0.1) is 17.5 Å². The molecule has 5 rings (SSSR count). The van der Waals surface area contributed by atoms with Crippen LogP contribution in [-0.4, -0.2) is 53.1 Å². The molecule has 0 aliphatic carbocycles. The van der Waals surface area contributed by atoms with Crippen molar-refractivity contribution in [3.8, 4) is 11.3 Å². The van der Waals surface area contributed by atoms with Gasteiger partial charge >= 0.3 is 0 Å². The second-order valence-electron chi connectivity index (χ2n) is 9.75. The molecule has 1 amide bonds. The smallest absolute Gasteiger partial charge is 0.254 e. The van der Waals surface area contributed by atoms with Crippen LogP contribution in [0.1, 0.15) is 53.2 Å². The van der Waals surface area contributed by atoms with Crippen molar-refractivity contribution in [3.63, 3.8) is 0 Å². The van der Waals surface area contributed by atoms with E-state index in [1.165, 1.54) is 18.2 Å². The molecule has 1 atom stereocenters. The predicted octanol–water partition coefficient (Wildman–Crippen LogP) is 4.29. The third kappa shape index (κ3) is 5.94. The number of hydrogen-bond acceptors (Lipinski definition) is 6. The number of halogens is 2. The van der Waals surface area contributed by atoms with Crippen LogP contribution >= 0.6 is 0 Å². The van der Waals surface area contributed by atoms with Crippen molar-refractivity contribution in [3.05, 3.63) is 77.1 Å². The summed E-state index contributed by atoms with van der Waals surface area (Å²) in [6.45, 7) is 3.21. The van der Waals surface area contributed by atoms with Gasteiger partial charge in [-0.15, -0.1) is 0 Å². The summed E-state index contributed by atoms with van der Waals surface area (Å²) in [5.41, 5.74) is 8.35. The lowest BCUT2D eigenvalue weighted by molar-refractivity contribution is 0.0844. The van der Waals surface area contributed by atoms with Gasteiger partial charge in [0.2, 0.25) is 0 Å². The molecule has 0 radical (unpaired) electrons. The fraction of sp³-hybridized carbons (Fsp3) is 0.393. The van der Waals surface area contributed by atoms with E-state index in [0.29, 0.717) is 43.1 Å². The standard InChI is InChI=1S/C28H31F2N5O2/c29-23-6-2-1-4-20(23)16-35-11-3-5-21(17-35)33-28(36)22-8-7-19(14-24(22)30)26-27(31)32-15-25(34-26)18-9-12-37-13-10-18/h1-2,4,6-8,14-15,18,21H,3,5,9-13,16-17H2,(H2,31,32)(H,33,36). The summed E-state index contributed by atoms with van der Waals surface area (Å²) >= 11 is 0. The topological polar surface area (TPSA) is 93.4 Å². The molecule has 3 aromatic rings. The van der Waals surface area contributed by atoms with E-state index in [9.17, 15) is 9.18 Å². The molecule has 2 aliphatic rings. The average Bonchev–Trinajstić information content (AvgIpc) is 2.91. The second-order valence-corrected chi connectivity index (χ2v) is 9.75. The molecule has 7 nitrogen and oxygen atoms in total. The number of nitrogen functional groups attached to an aromatic ring is 1. The molecule has 3 heterocycles. The molecule has 9 heteroatoms. The highest BCUT2D eigenvalue weighted by molar-refractivity contribution is 5.95. The Kier molecular flexibility index (Phi) is 7.71. The maximum atomic E-state index is 15.1. The Morgan fingerprint density at radius 3 is 2.70 bits per heavy atom. The fourth-order valence-electron chi connectivity index (χ4n) is 5.11. The molecule has 2 aliphatic heterocycles. The zero-order valence-electron chi connectivity index (χ0n) is 20.6. The van der Waals surface area contributed by atoms with Gasteiger partial charge in [-0.3, -0.25) is 9.69 Å². The number of rotatable bonds is 6. The van der Waals surface area contributed by atoms with Gasteiger partial charge in [0.25, 0.3) is 5.91 Å². The molecule has 1 unspecified atom stereocenters. The number of anilines is 1. The van der Waals surface area contributed by atoms with Gasteiger partial charge in [0.15, 0.2) is 0 Å². The molecule has 2 saturated heterocycles. The summed E-state index contributed by atoms with van der Waals surface area (Å²) in [4.78, 5) is 24.0. The van der Waals surface area contributed by atoms with Crippen LogP contribution in [0, 0.1) is 11.6 Å². The number of carbonyl (C=O) groups is 1. The quantitative estimate of drug-likeness (QED) is 0.517. The third-order valence-electron chi connectivity index (χ3n) is 7.14. The van der Waals surface area contributed by atoms with E-state index in [2.05, 4.69) is 20.2 Å². The maximum Gasteiger partial charge on any atom is 0.254 e. The molecule has 0 spiro atoms. The number of hydrogen-bond donors (Lipinski definition) is 2. The number of carbonyl (C=O) groups excluding carboxylic acids is 1. The Morgan fingerprint density at radius 2 is 1.92 bits per heavy atom. The van der Waals surface area contributed by atoms with Crippen molar-refractivity contribution in [1.29, 1.82) is 0 Å². The Morgan fingerprint density at radius 1 is 1.11 bits per heavy atom. The largest absolute Gasteiger partial charge is 0.382 e. The lowest BCUT2D eigenvalue weighted by Gasteiger charge is -2.33. The molecule has 3 N–H and O–H groups in total. The van der Waals surface area contributed by atoms with Crippen LogP contribution < -0.4 is 11.1 Å². The first-order valence-electron chi connectivity index (χ1n) is 12.7. The number of nitrogens with two attached hydrogens (primary N) is 1. The monoisotopic (exact) mass is 507 g/mol. The summed E-state index contributed by atoms with van der Waals surface area (Å²) < 4.78 is 34.6. The van der Waals surface area contributed by atoms with Gasteiger partial charge in [0, 0.05) is 49.4 Å². The van der Waals surface area contributed by atoms with E-state index in [4.69, 9.17) is 10.5 Å². The third-order valence-corrected chi connectivity index (χ3v) is 7.14. The molecule has 2 aromatic carbocycles. The fourth-order valence-corrected chi connectivity index (χ4v) is 5.11. The number of nitrogens with one attached hydrogen (secondary N) is 1. The first-order chi connectivity index (χ1) is 18.0. The van der Waals surface area contributed by atoms with E-state index in [1.807, 2.05) is 6.07 Å². The summed E-state index contributed by atoms with van der Waals surface area (Å²) in [5.74, 6) is -0.920. The lowest BCUT2D eigenvalue weighted by atomic mass is 9.96. The van der Waals surface area contributed by atoms with E-state index < -0.39 is 11.7 Å². The second kappa shape index (κ2) is 11.3. The summed E-state index contributed by atoms with van der Waals surface area (Å²) in [5, 5.41) is 2.95. The molecule has 0 saturated carbocycles. The van der Waals surface area contributed by atoms with Crippen LogP contribution in [0.5, 0.6) is 0 Å². The zero-order valence-corrected chi connectivity index (χ0v) is 20.6. The number of benzene rings is 2. The van der Waals surface area contributed by atoms with Gasteiger partial charge in [0.1, 0.15) is 23.1 Å². The van der Waals surface area contributed by atoms with E-state index in [1.54, 1.807) is 24.4 Å². The number of likely N-dealkylation sites (tertiary alicyclic amines) is 1. The van der Waals surface area contributed by atoms with Crippen LogP contribution in [-0.2, 0) is 11.3 Å². The van der Waals surface area contributed by atoms with Crippen molar-refractivity contribution in [1.82, 2.24) is 20.2 Å². The average molecular weight is 508 g/mol. The first kappa shape index (κ1) is 25.2. The Labute approximate surface area is 215 Å². The minimum atomic E-state index is -0.647. The Hall–Kier alpha value is -3.43. The van der Waals surface area contributed by atoms with Crippen molar-refractivity contribution in [2.24, 2.45) is 0 Å². The Bertz CT molecular complexity index is 1270. The van der Waals surface area contributed by atoms with Gasteiger partial charge in [-0.1, -0.05) is 24.3 Å². The molecular weight excluding hydrogens is 476 g/mol. The molecule has 37 heavy (non-hydrogen) atoms. The highest BCUT2D eigenvalue weighted by Crippen LogP contribution is 2.30. The molecule has 2 fully saturated rings. The summed E-state index contributed by atoms with van der Waals surface area (Å²) in [7, 11) is 0. The van der Waals surface area contributed by atoms with Gasteiger partial charge in [-0.25, -0.2) is 18.7 Å². The van der Waals surface area contributed by atoms with Gasteiger partial charge in [-0.2, -0.15) is 0 Å². The predicted molar refractivity (Wildman–Crippen MR) is 137 cm³/mol. The lowest BCUT2D eigenvalue weighted by Crippen LogP contribution is -2.47. The molecule has 0 bridgehead atoms. The van der Waals surface area contributed by atoms with Crippen LogP contribution in [0.2, 0.25) is 0 Å². The maximum absolute atomic E-state index is 15.1. The van der Waals surface area contributed by atoms with Crippen molar-refractivity contribution >= 4 is 11.7 Å². The van der Waals surface area contributed by atoms with Crippen molar-refractivity contribution in [2.45, 2.75) is 44.2 Å². The normalized spacial score (nSPS) is 19.0. The van der Waals surface area contributed by atoms with Gasteiger partial charge < -0.3 is 15.8 Å². The van der Waals surface area contributed by atoms with E-state index in [-0.39, 0.29) is 29.2 Å². The number of piperidine rings is 1. The van der Waals surface area contributed by atoms with Crippen molar-refractivity contribution < 1.29 is 18.3 Å².